The summed E-state index contributed by atoms with van der Waals surface area (Å²) in [6.07, 6.45) is 5.00. The predicted molar refractivity (Wildman–Crippen MR) is 92.0 cm³/mol. The smallest absolute Gasteiger partial charge is 0.315 e. The number of ether oxygens (including phenoxy) is 2. The summed E-state index contributed by atoms with van der Waals surface area (Å²) in [6, 6.07) is 15.2. The summed E-state index contributed by atoms with van der Waals surface area (Å²) >= 11 is 0. The van der Waals surface area contributed by atoms with Crippen molar-refractivity contribution < 1.29 is 14.3 Å². The summed E-state index contributed by atoms with van der Waals surface area (Å²) in [5.41, 5.74) is 2.19. The molecule has 0 N–H and O–H groups in total. The number of esters is 1. The maximum absolute atomic E-state index is 12.0. The maximum Gasteiger partial charge on any atom is 0.315 e. The molecule has 0 unspecified atom stereocenters. The first kappa shape index (κ1) is 17.1. The zero-order valence-electron chi connectivity index (χ0n) is 13.9. The van der Waals surface area contributed by atoms with Crippen molar-refractivity contribution in [3.63, 3.8) is 0 Å². The van der Waals surface area contributed by atoms with Crippen molar-refractivity contribution in [3.8, 4) is 11.5 Å². The van der Waals surface area contributed by atoms with E-state index in [9.17, 15) is 4.79 Å². The first-order valence-electron chi connectivity index (χ1n) is 8.14. The number of rotatable bonds is 8. The quantitative estimate of drug-likeness (QED) is 0.407. The van der Waals surface area contributed by atoms with Gasteiger partial charge < -0.3 is 9.47 Å². The van der Waals surface area contributed by atoms with Crippen LogP contribution in [0, 0.1) is 0 Å². The molecule has 3 nitrogen and oxygen atoms in total. The highest BCUT2D eigenvalue weighted by Gasteiger charge is 2.07. The van der Waals surface area contributed by atoms with E-state index in [1.807, 2.05) is 48.5 Å². The molecule has 0 aliphatic carbocycles. The Balaban J connectivity index is 1.84. The van der Waals surface area contributed by atoms with Gasteiger partial charge in [0, 0.05) is 0 Å². The Hall–Kier alpha value is -2.29. The number of aryl methyl sites for hydroxylation is 1. The van der Waals surface area contributed by atoms with Crippen LogP contribution < -0.4 is 9.47 Å². The number of hydrogen-bond donors (Lipinski definition) is 0. The van der Waals surface area contributed by atoms with Gasteiger partial charge in [0.05, 0.1) is 13.5 Å². The molecular weight excluding hydrogens is 288 g/mol. The first-order chi connectivity index (χ1) is 11.2. The fourth-order valence-electron chi connectivity index (χ4n) is 2.38. The van der Waals surface area contributed by atoms with E-state index in [1.54, 1.807) is 7.11 Å². The highest BCUT2D eigenvalue weighted by atomic mass is 16.5. The van der Waals surface area contributed by atoms with E-state index >= 15 is 0 Å². The van der Waals surface area contributed by atoms with Gasteiger partial charge in [-0.2, -0.15) is 0 Å². The third-order valence-electron chi connectivity index (χ3n) is 3.73. The molecule has 0 spiro atoms. The summed E-state index contributed by atoms with van der Waals surface area (Å²) in [7, 11) is 1.62. The number of unbranched alkanes of at least 4 members (excludes halogenated alkanes) is 2. The first-order valence-corrected chi connectivity index (χ1v) is 8.14. The van der Waals surface area contributed by atoms with E-state index in [1.165, 1.54) is 24.8 Å². The largest absolute Gasteiger partial charge is 0.497 e. The molecule has 2 aromatic rings. The van der Waals surface area contributed by atoms with E-state index in [4.69, 9.17) is 9.47 Å². The molecule has 0 heterocycles. The summed E-state index contributed by atoms with van der Waals surface area (Å²) in [6.45, 7) is 2.20. The van der Waals surface area contributed by atoms with Crippen LogP contribution in [0.25, 0.3) is 0 Å². The molecule has 122 valence electrons. The summed E-state index contributed by atoms with van der Waals surface area (Å²) in [4.78, 5) is 12.0. The Morgan fingerprint density at radius 2 is 1.48 bits per heavy atom. The molecule has 0 radical (unpaired) electrons. The Kier molecular flexibility index (Phi) is 6.67. The Morgan fingerprint density at radius 1 is 0.870 bits per heavy atom. The van der Waals surface area contributed by atoms with Crippen LogP contribution in [-0.2, 0) is 17.6 Å². The molecular formula is C20H24O3. The molecule has 0 saturated heterocycles. The van der Waals surface area contributed by atoms with Gasteiger partial charge in [0.25, 0.3) is 0 Å². The van der Waals surface area contributed by atoms with Crippen molar-refractivity contribution >= 4 is 5.97 Å². The second kappa shape index (κ2) is 8.99. The van der Waals surface area contributed by atoms with Gasteiger partial charge in [-0.15, -0.1) is 0 Å². The average molecular weight is 312 g/mol. The maximum atomic E-state index is 12.0. The van der Waals surface area contributed by atoms with E-state index in [2.05, 4.69) is 6.92 Å². The molecule has 2 rings (SSSR count). The van der Waals surface area contributed by atoms with Crippen molar-refractivity contribution in [2.24, 2.45) is 0 Å². The molecule has 2 aromatic carbocycles. The minimum absolute atomic E-state index is 0.252. The van der Waals surface area contributed by atoms with E-state index in [0.717, 1.165) is 17.7 Å². The van der Waals surface area contributed by atoms with E-state index < -0.39 is 0 Å². The van der Waals surface area contributed by atoms with Crippen LogP contribution in [0.15, 0.2) is 48.5 Å². The summed E-state index contributed by atoms with van der Waals surface area (Å²) in [5, 5.41) is 0. The van der Waals surface area contributed by atoms with Crippen molar-refractivity contribution in [1.29, 1.82) is 0 Å². The lowest BCUT2D eigenvalue weighted by Crippen LogP contribution is -2.11. The second-order valence-corrected chi connectivity index (χ2v) is 5.60. The Morgan fingerprint density at radius 3 is 2.09 bits per heavy atom. The molecule has 0 atom stereocenters. The molecule has 0 saturated carbocycles. The van der Waals surface area contributed by atoms with Gasteiger partial charge in [0.15, 0.2) is 0 Å². The lowest BCUT2D eigenvalue weighted by Gasteiger charge is -2.06. The summed E-state index contributed by atoms with van der Waals surface area (Å²) in [5.74, 6) is 1.12. The van der Waals surface area contributed by atoms with Gasteiger partial charge in [-0.05, 0) is 48.2 Å². The number of hydrogen-bond acceptors (Lipinski definition) is 3. The fourth-order valence-corrected chi connectivity index (χ4v) is 2.38. The molecule has 0 aliphatic heterocycles. The zero-order chi connectivity index (χ0) is 16.5. The van der Waals surface area contributed by atoms with Gasteiger partial charge in [-0.1, -0.05) is 44.0 Å². The van der Waals surface area contributed by atoms with Crippen LogP contribution in [-0.4, -0.2) is 13.1 Å². The van der Waals surface area contributed by atoms with E-state index in [-0.39, 0.29) is 12.4 Å². The van der Waals surface area contributed by atoms with Gasteiger partial charge in [0.2, 0.25) is 0 Å². The lowest BCUT2D eigenvalue weighted by molar-refractivity contribution is -0.133. The molecule has 0 bridgehead atoms. The van der Waals surface area contributed by atoms with Crippen LogP contribution in [0.1, 0.15) is 37.3 Å². The highest BCUT2D eigenvalue weighted by molar-refractivity contribution is 5.75. The van der Waals surface area contributed by atoms with Crippen molar-refractivity contribution in [3.05, 3.63) is 59.7 Å². The molecule has 3 heteroatoms. The average Bonchev–Trinajstić information content (AvgIpc) is 2.57. The van der Waals surface area contributed by atoms with Gasteiger partial charge in [-0.25, -0.2) is 0 Å². The number of benzene rings is 2. The molecule has 0 fully saturated rings. The number of carbonyl (C=O) groups is 1. The van der Waals surface area contributed by atoms with Crippen molar-refractivity contribution in [2.75, 3.05) is 7.11 Å². The fraction of sp³-hybridized carbons (Fsp3) is 0.350. The summed E-state index contributed by atoms with van der Waals surface area (Å²) < 4.78 is 10.5. The van der Waals surface area contributed by atoms with E-state index in [0.29, 0.717) is 5.75 Å². The minimum atomic E-state index is -0.256. The lowest BCUT2D eigenvalue weighted by atomic mass is 10.1. The zero-order valence-corrected chi connectivity index (χ0v) is 13.9. The molecule has 23 heavy (non-hydrogen) atoms. The van der Waals surface area contributed by atoms with Crippen LogP contribution >= 0.6 is 0 Å². The highest BCUT2D eigenvalue weighted by Crippen LogP contribution is 2.16. The Labute approximate surface area is 138 Å². The monoisotopic (exact) mass is 312 g/mol. The molecule has 0 aromatic heterocycles. The molecule has 0 amide bonds. The van der Waals surface area contributed by atoms with Crippen molar-refractivity contribution in [1.82, 2.24) is 0 Å². The standard InChI is InChI=1S/C20H24O3/c1-3-4-5-6-16-7-13-19(14-8-16)23-20(21)15-17-9-11-18(22-2)12-10-17/h7-14H,3-6,15H2,1-2H3. The number of methoxy groups -OCH3 is 1. The van der Waals surface area contributed by atoms with Crippen molar-refractivity contribution in [2.45, 2.75) is 39.0 Å². The SMILES string of the molecule is CCCCCc1ccc(OC(=O)Cc2ccc(OC)cc2)cc1. The number of carbonyl (C=O) groups excluding carboxylic acids is 1. The molecule has 0 aliphatic rings. The third kappa shape index (κ3) is 5.78. The minimum Gasteiger partial charge on any atom is -0.497 e. The van der Waals surface area contributed by atoms with Crippen LogP contribution in [0.5, 0.6) is 11.5 Å². The van der Waals surface area contributed by atoms with Crippen LogP contribution in [0.2, 0.25) is 0 Å². The van der Waals surface area contributed by atoms with Crippen LogP contribution in [0.3, 0.4) is 0 Å². The predicted octanol–water partition coefficient (Wildman–Crippen LogP) is 4.58. The topological polar surface area (TPSA) is 35.5 Å². The Bertz CT molecular complexity index is 600. The normalized spacial score (nSPS) is 10.3. The van der Waals surface area contributed by atoms with Gasteiger partial charge in [0.1, 0.15) is 11.5 Å². The van der Waals surface area contributed by atoms with Gasteiger partial charge >= 0.3 is 5.97 Å². The van der Waals surface area contributed by atoms with Gasteiger partial charge in [-0.3, -0.25) is 4.79 Å². The van der Waals surface area contributed by atoms with Crippen LogP contribution in [0.4, 0.5) is 0 Å². The third-order valence-corrected chi connectivity index (χ3v) is 3.73. The second-order valence-electron chi connectivity index (χ2n) is 5.60.